The third-order valence-electron chi connectivity index (χ3n) is 2.92. The molecular formula is C17H15N3O3. The van der Waals surface area contributed by atoms with E-state index in [0.29, 0.717) is 11.8 Å². The van der Waals surface area contributed by atoms with E-state index in [9.17, 15) is 14.4 Å². The Morgan fingerprint density at radius 2 is 1.78 bits per heavy atom. The second-order valence-electron chi connectivity index (χ2n) is 4.54. The van der Waals surface area contributed by atoms with E-state index < -0.39 is 11.8 Å². The standard InChI is InChI=1S/C17H15N3O3/c21-13-12-20(19-17(23)15-8-10-18-11-9-15)16(22)7-6-14-4-2-1-3-5-14/h1-11,13H,12H2,(H,19,23)/b7-6+. The molecule has 6 nitrogen and oxygen atoms in total. The highest BCUT2D eigenvalue weighted by Gasteiger charge is 2.14. The molecule has 1 aromatic heterocycles. The van der Waals surface area contributed by atoms with Crippen LogP contribution in [0, 0.1) is 0 Å². The fourth-order valence-corrected chi connectivity index (χ4v) is 1.78. The number of carbonyl (C=O) groups is 3. The summed E-state index contributed by atoms with van der Waals surface area (Å²) in [5, 5.41) is 0.954. The zero-order valence-electron chi connectivity index (χ0n) is 12.3. The smallest absolute Gasteiger partial charge is 0.270 e. The molecule has 2 aromatic rings. The highest BCUT2D eigenvalue weighted by atomic mass is 16.2. The first-order chi connectivity index (χ1) is 11.2. The van der Waals surface area contributed by atoms with Gasteiger partial charge in [-0.05, 0) is 23.8 Å². The van der Waals surface area contributed by atoms with Crippen LogP contribution in [0.1, 0.15) is 15.9 Å². The Kier molecular flexibility index (Phi) is 5.76. The van der Waals surface area contributed by atoms with Gasteiger partial charge in [0.2, 0.25) is 0 Å². The van der Waals surface area contributed by atoms with Crippen LogP contribution in [0.3, 0.4) is 0 Å². The number of hydrazine groups is 1. The summed E-state index contributed by atoms with van der Waals surface area (Å²) in [5.41, 5.74) is 3.59. The molecule has 0 radical (unpaired) electrons. The molecule has 116 valence electrons. The van der Waals surface area contributed by atoms with Crippen LogP contribution < -0.4 is 5.43 Å². The number of nitrogens with zero attached hydrogens (tertiary/aromatic N) is 2. The Balaban J connectivity index is 2.05. The summed E-state index contributed by atoms with van der Waals surface area (Å²) in [6.45, 7) is -0.241. The van der Waals surface area contributed by atoms with Crippen molar-refractivity contribution in [2.24, 2.45) is 0 Å². The average molecular weight is 309 g/mol. The first-order valence-corrected chi connectivity index (χ1v) is 6.90. The van der Waals surface area contributed by atoms with Crippen molar-refractivity contribution in [3.63, 3.8) is 0 Å². The summed E-state index contributed by atoms with van der Waals surface area (Å²) in [4.78, 5) is 38.7. The van der Waals surface area contributed by atoms with Crippen molar-refractivity contribution in [1.82, 2.24) is 15.4 Å². The Bertz CT molecular complexity index is 700. The molecule has 1 N–H and O–H groups in total. The van der Waals surface area contributed by atoms with Crippen molar-refractivity contribution in [3.8, 4) is 0 Å². The minimum absolute atomic E-state index is 0.241. The summed E-state index contributed by atoms with van der Waals surface area (Å²) in [7, 11) is 0. The molecule has 0 spiro atoms. The molecular weight excluding hydrogens is 294 g/mol. The first kappa shape index (κ1) is 16.1. The van der Waals surface area contributed by atoms with E-state index in [4.69, 9.17) is 0 Å². The first-order valence-electron chi connectivity index (χ1n) is 6.90. The lowest BCUT2D eigenvalue weighted by Gasteiger charge is -2.19. The molecule has 0 aliphatic rings. The zero-order valence-corrected chi connectivity index (χ0v) is 12.3. The number of aldehydes is 1. The Morgan fingerprint density at radius 1 is 1.09 bits per heavy atom. The summed E-state index contributed by atoms with van der Waals surface area (Å²) in [6, 6.07) is 12.3. The van der Waals surface area contributed by atoms with Crippen LogP contribution in [0.4, 0.5) is 0 Å². The summed E-state index contributed by atoms with van der Waals surface area (Å²) in [5.74, 6) is -0.987. The third-order valence-corrected chi connectivity index (χ3v) is 2.92. The van der Waals surface area contributed by atoms with Gasteiger partial charge in [-0.2, -0.15) is 0 Å². The van der Waals surface area contributed by atoms with Gasteiger partial charge in [0.1, 0.15) is 6.29 Å². The molecule has 1 heterocycles. The largest absolute Gasteiger partial charge is 0.301 e. The van der Waals surface area contributed by atoms with Crippen molar-refractivity contribution in [2.45, 2.75) is 0 Å². The topological polar surface area (TPSA) is 79.4 Å². The number of rotatable bonds is 5. The average Bonchev–Trinajstić information content (AvgIpc) is 2.61. The van der Waals surface area contributed by atoms with Gasteiger partial charge in [0, 0.05) is 24.0 Å². The van der Waals surface area contributed by atoms with Gasteiger partial charge in [0.15, 0.2) is 0 Å². The van der Waals surface area contributed by atoms with Gasteiger partial charge >= 0.3 is 0 Å². The predicted octanol–water partition coefficient (Wildman–Crippen LogP) is 1.47. The van der Waals surface area contributed by atoms with E-state index >= 15 is 0 Å². The van der Waals surface area contributed by atoms with Crippen LogP contribution in [-0.2, 0) is 9.59 Å². The molecule has 1 aromatic carbocycles. The summed E-state index contributed by atoms with van der Waals surface area (Å²) in [6.07, 6.45) is 6.39. The van der Waals surface area contributed by atoms with Gasteiger partial charge in [0.25, 0.3) is 11.8 Å². The maximum absolute atomic E-state index is 12.1. The number of carbonyl (C=O) groups excluding carboxylic acids is 3. The van der Waals surface area contributed by atoms with Crippen molar-refractivity contribution >= 4 is 24.2 Å². The second kappa shape index (κ2) is 8.23. The molecule has 23 heavy (non-hydrogen) atoms. The highest BCUT2D eigenvalue weighted by Crippen LogP contribution is 2.02. The van der Waals surface area contributed by atoms with Crippen molar-refractivity contribution < 1.29 is 14.4 Å². The van der Waals surface area contributed by atoms with Gasteiger partial charge in [-0.3, -0.25) is 20.0 Å². The monoisotopic (exact) mass is 309 g/mol. The Morgan fingerprint density at radius 3 is 2.43 bits per heavy atom. The Labute approximate surface area is 133 Å². The molecule has 6 heteroatoms. The van der Waals surface area contributed by atoms with Gasteiger partial charge in [-0.1, -0.05) is 30.3 Å². The molecule has 0 unspecified atom stereocenters. The molecule has 0 saturated carbocycles. The molecule has 0 aliphatic heterocycles. The predicted molar refractivity (Wildman–Crippen MR) is 85.0 cm³/mol. The number of nitrogens with one attached hydrogen (secondary N) is 1. The lowest BCUT2D eigenvalue weighted by atomic mass is 10.2. The van der Waals surface area contributed by atoms with Crippen LogP contribution in [0.25, 0.3) is 6.08 Å². The number of hydrogen-bond donors (Lipinski definition) is 1. The van der Waals surface area contributed by atoms with Crippen LogP contribution in [0.5, 0.6) is 0 Å². The van der Waals surface area contributed by atoms with Gasteiger partial charge in [-0.15, -0.1) is 0 Å². The van der Waals surface area contributed by atoms with Gasteiger partial charge in [-0.25, -0.2) is 5.01 Å². The Hall–Kier alpha value is -3.28. The molecule has 0 bridgehead atoms. The maximum Gasteiger partial charge on any atom is 0.270 e. The molecule has 0 saturated heterocycles. The quantitative estimate of drug-likeness (QED) is 0.515. The fourth-order valence-electron chi connectivity index (χ4n) is 1.78. The van der Waals surface area contributed by atoms with E-state index in [-0.39, 0.29) is 6.54 Å². The van der Waals surface area contributed by atoms with Crippen LogP contribution in [0.15, 0.2) is 60.9 Å². The molecule has 2 rings (SSSR count). The molecule has 0 fully saturated rings. The van der Waals surface area contributed by atoms with E-state index in [1.807, 2.05) is 30.3 Å². The van der Waals surface area contributed by atoms with E-state index in [1.54, 1.807) is 6.08 Å². The summed E-state index contributed by atoms with van der Waals surface area (Å²) < 4.78 is 0. The number of hydrogen-bond acceptors (Lipinski definition) is 4. The molecule has 0 atom stereocenters. The minimum atomic E-state index is -0.497. The lowest BCUT2D eigenvalue weighted by molar-refractivity contribution is -0.130. The lowest BCUT2D eigenvalue weighted by Crippen LogP contribution is -2.46. The number of aromatic nitrogens is 1. The number of pyridine rings is 1. The van der Waals surface area contributed by atoms with Crippen LogP contribution >= 0.6 is 0 Å². The van der Waals surface area contributed by atoms with Crippen molar-refractivity contribution in [2.75, 3.05) is 6.54 Å². The fraction of sp³-hybridized carbons (Fsp3) is 0.0588. The third kappa shape index (κ3) is 4.89. The number of amides is 2. The SMILES string of the molecule is O=CCN(NC(=O)c1ccncc1)C(=O)/C=C/c1ccccc1. The maximum atomic E-state index is 12.1. The molecule has 2 amide bonds. The van der Waals surface area contributed by atoms with Crippen LogP contribution in [-0.4, -0.2) is 34.6 Å². The normalized spacial score (nSPS) is 10.3. The van der Waals surface area contributed by atoms with E-state index in [0.717, 1.165) is 10.6 Å². The van der Waals surface area contributed by atoms with E-state index in [2.05, 4.69) is 10.4 Å². The van der Waals surface area contributed by atoms with Gasteiger partial charge in [0.05, 0.1) is 6.54 Å². The van der Waals surface area contributed by atoms with E-state index in [1.165, 1.54) is 30.6 Å². The van der Waals surface area contributed by atoms with Crippen LogP contribution in [0.2, 0.25) is 0 Å². The summed E-state index contributed by atoms with van der Waals surface area (Å²) >= 11 is 0. The van der Waals surface area contributed by atoms with Crippen molar-refractivity contribution in [1.29, 1.82) is 0 Å². The van der Waals surface area contributed by atoms with Gasteiger partial charge < -0.3 is 4.79 Å². The molecule has 0 aliphatic carbocycles. The highest BCUT2D eigenvalue weighted by molar-refractivity contribution is 5.98. The zero-order chi connectivity index (χ0) is 16.5. The second-order valence-corrected chi connectivity index (χ2v) is 4.54. The number of benzene rings is 1. The minimum Gasteiger partial charge on any atom is -0.301 e. The van der Waals surface area contributed by atoms with Crippen molar-refractivity contribution in [3.05, 3.63) is 72.1 Å².